The van der Waals surface area contributed by atoms with E-state index in [4.69, 9.17) is 9.15 Å². The van der Waals surface area contributed by atoms with Gasteiger partial charge in [-0.05, 0) is 6.07 Å². The second-order valence-corrected chi connectivity index (χ2v) is 5.70. The van der Waals surface area contributed by atoms with Gasteiger partial charge in [0.2, 0.25) is 17.7 Å². The van der Waals surface area contributed by atoms with Crippen molar-refractivity contribution in [2.24, 2.45) is 0 Å². The van der Waals surface area contributed by atoms with Gasteiger partial charge in [0, 0.05) is 18.9 Å². The van der Waals surface area contributed by atoms with Crippen LogP contribution in [0.2, 0.25) is 0 Å². The first kappa shape index (κ1) is 14.8. The third kappa shape index (κ3) is 2.65. The predicted octanol–water partition coefficient (Wildman–Crippen LogP) is 1.33. The number of amides is 1. The van der Waals surface area contributed by atoms with Gasteiger partial charge in [-0.25, -0.2) is 0 Å². The SMILES string of the molecule is Cc1nnc(C2COCCN2C(=O)Cn2ncc3ccccc32)o1. The fourth-order valence-corrected chi connectivity index (χ4v) is 2.92. The fraction of sp³-hybridized carbons (Fsp3) is 0.375. The molecule has 0 bridgehead atoms. The Hall–Kier alpha value is -2.74. The molecule has 1 atom stereocenters. The van der Waals surface area contributed by atoms with Gasteiger partial charge in [-0.3, -0.25) is 9.48 Å². The van der Waals surface area contributed by atoms with E-state index in [1.165, 1.54) is 0 Å². The van der Waals surface area contributed by atoms with Gasteiger partial charge < -0.3 is 14.1 Å². The Morgan fingerprint density at radius 2 is 2.21 bits per heavy atom. The van der Waals surface area contributed by atoms with Crippen LogP contribution in [0.25, 0.3) is 10.9 Å². The number of aryl methyl sites for hydroxylation is 1. The van der Waals surface area contributed by atoms with Crippen LogP contribution in [0, 0.1) is 6.92 Å². The Morgan fingerprint density at radius 3 is 3.04 bits per heavy atom. The van der Waals surface area contributed by atoms with E-state index < -0.39 is 0 Å². The van der Waals surface area contributed by atoms with Crippen molar-refractivity contribution in [3.05, 3.63) is 42.2 Å². The van der Waals surface area contributed by atoms with E-state index in [1.807, 2.05) is 24.3 Å². The molecular weight excluding hydrogens is 310 g/mol. The van der Waals surface area contributed by atoms with Gasteiger partial charge in [0.05, 0.1) is 24.9 Å². The molecule has 1 fully saturated rings. The van der Waals surface area contributed by atoms with Crippen LogP contribution in [0.15, 0.2) is 34.9 Å². The van der Waals surface area contributed by atoms with E-state index in [0.29, 0.717) is 31.5 Å². The van der Waals surface area contributed by atoms with Crippen molar-refractivity contribution >= 4 is 16.8 Å². The Bertz CT molecular complexity index is 871. The summed E-state index contributed by atoms with van der Waals surface area (Å²) in [6.45, 7) is 3.23. The molecule has 3 heterocycles. The summed E-state index contributed by atoms with van der Waals surface area (Å²) in [4.78, 5) is 14.5. The fourth-order valence-electron chi connectivity index (χ4n) is 2.92. The number of rotatable bonds is 3. The van der Waals surface area contributed by atoms with Crippen LogP contribution < -0.4 is 0 Å². The van der Waals surface area contributed by atoms with Crippen LogP contribution in [0.5, 0.6) is 0 Å². The third-order valence-corrected chi connectivity index (χ3v) is 4.11. The van der Waals surface area contributed by atoms with Crippen LogP contribution in [-0.2, 0) is 16.1 Å². The maximum atomic E-state index is 12.8. The zero-order valence-corrected chi connectivity index (χ0v) is 13.3. The molecule has 1 amide bonds. The van der Waals surface area contributed by atoms with Gasteiger partial charge >= 0.3 is 0 Å². The summed E-state index contributed by atoms with van der Waals surface area (Å²) in [5, 5.41) is 13.2. The highest BCUT2D eigenvalue weighted by Crippen LogP contribution is 2.24. The lowest BCUT2D eigenvalue weighted by Crippen LogP contribution is -2.45. The van der Waals surface area contributed by atoms with E-state index >= 15 is 0 Å². The summed E-state index contributed by atoms with van der Waals surface area (Å²) in [5.74, 6) is 0.833. The number of hydrogen-bond donors (Lipinski definition) is 0. The molecule has 1 aliphatic rings. The van der Waals surface area contributed by atoms with Crippen molar-refractivity contribution in [2.75, 3.05) is 19.8 Å². The highest BCUT2D eigenvalue weighted by Gasteiger charge is 2.32. The molecular formula is C16H17N5O3. The summed E-state index contributed by atoms with van der Waals surface area (Å²) in [6, 6.07) is 7.46. The number of morpholine rings is 1. The van der Waals surface area contributed by atoms with Gasteiger partial charge in [-0.1, -0.05) is 18.2 Å². The largest absolute Gasteiger partial charge is 0.423 e. The normalized spacial score (nSPS) is 18.2. The number of hydrogen-bond acceptors (Lipinski definition) is 6. The predicted molar refractivity (Wildman–Crippen MR) is 84.0 cm³/mol. The van der Waals surface area contributed by atoms with Crippen LogP contribution >= 0.6 is 0 Å². The van der Waals surface area contributed by atoms with Gasteiger partial charge in [0.15, 0.2) is 0 Å². The Labute approximate surface area is 138 Å². The minimum Gasteiger partial charge on any atom is -0.423 e. The zero-order valence-electron chi connectivity index (χ0n) is 13.3. The van der Waals surface area contributed by atoms with Gasteiger partial charge in [-0.15, -0.1) is 10.2 Å². The average Bonchev–Trinajstić information content (AvgIpc) is 3.22. The number of aromatic nitrogens is 4. The third-order valence-electron chi connectivity index (χ3n) is 4.11. The minimum atomic E-state index is -0.353. The van der Waals surface area contributed by atoms with Crippen molar-refractivity contribution in [2.45, 2.75) is 19.5 Å². The molecule has 24 heavy (non-hydrogen) atoms. The highest BCUT2D eigenvalue weighted by atomic mass is 16.5. The van der Waals surface area contributed by atoms with Gasteiger partial charge in [-0.2, -0.15) is 5.10 Å². The Kier molecular flexibility index (Phi) is 3.73. The first-order valence-electron chi connectivity index (χ1n) is 7.80. The summed E-state index contributed by atoms with van der Waals surface area (Å²) >= 11 is 0. The van der Waals surface area contributed by atoms with Gasteiger partial charge in [0.1, 0.15) is 12.6 Å². The number of para-hydroxylation sites is 1. The standard InChI is InChI=1S/C16H17N5O3/c1-11-18-19-16(24-11)14-10-23-7-6-20(14)15(22)9-21-13-5-3-2-4-12(13)8-17-21/h2-5,8,14H,6-7,9-10H2,1H3. The topological polar surface area (TPSA) is 86.3 Å². The molecule has 0 radical (unpaired) electrons. The molecule has 3 aromatic rings. The van der Waals surface area contributed by atoms with Crippen molar-refractivity contribution in [3.63, 3.8) is 0 Å². The quantitative estimate of drug-likeness (QED) is 0.721. The van der Waals surface area contributed by atoms with Crippen LogP contribution in [0.4, 0.5) is 0 Å². The smallest absolute Gasteiger partial charge is 0.245 e. The van der Waals surface area contributed by atoms with Crippen molar-refractivity contribution in [1.82, 2.24) is 24.9 Å². The second-order valence-electron chi connectivity index (χ2n) is 5.70. The first-order valence-corrected chi connectivity index (χ1v) is 7.80. The number of fused-ring (bicyclic) bond motifs is 1. The van der Waals surface area contributed by atoms with Crippen LogP contribution in [0.3, 0.4) is 0 Å². The molecule has 1 unspecified atom stereocenters. The maximum Gasteiger partial charge on any atom is 0.245 e. The molecule has 0 N–H and O–H groups in total. The van der Waals surface area contributed by atoms with Crippen LogP contribution in [0.1, 0.15) is 17.8 Å². The summed E-state index contributed by atoms with van der Waals surface area (Å²) in [6.07, 6.45) is 1.76. The van der Waals surface area contributed by atoms with E-state index in [9.17, 15) is 4.79 Å². The number of ether oxygens (including phenoxy) is 1. The molecule has 4 rings (SSSR count). The zero-order chi connectivity index (χ0) is 16.5. The number of benzene rings is 1. The van der Waals surface area contributed by atoms with E-state index in [0.717, 1.165) is 10.9 Å². The minimum absolute atomic E-state index is 0.0481. The second kappa shape index (κ2) is 6.04. The van der Waals surface area contributed by atoms with E-state index in [2.05, 4.69) is 15.3 Å². The molecule has 8 nitrogen and oxygen atoms in total. The molecule has 124 valence electrons. The van der Waals surface area contributed by atoms with Crippen molar-refractivity contribution in [1.29, 1.82) is 0 Å². The van der Waals surface area contributed by atoms with Crippen molar-refractivity contribution < 1.29 is 13.9 Å². The lowest BCUT2D eigenvalue weighted by atomic mass is 10.2. The van der Waals surface area contributed by atoms with E-state index in [1.54, 1.807) is 22.7 Å². The monoisotopic (exact) mass is 327 g/mol. The molecule has 0 saturated carbocycles. The maximum absolute atomic E-state index is 12.8. The molecule has 0 spiro atoms. The number of carbonyl (C=O) groups is 1. The molecule has 1 aliphatic heterocycles. The van der Waals surface area contributed by atoms with Crippen molar-refractivity contribution in [3.8, 4) is 0 Å². The van der Waals surface area contributed by atoms with Crippen LogP contribution in [-0.4, -0.2) is 50.5 Å². The summed E-state index contributed by atoms with van der Waals surface area (Å²) in [5.41, 5.74) is 0.935. The summed E-state index contributed by atoms with van der Waals surface area (Å²) in [7, 11) is 0. The lowest BCUT2D eigenvalue weighted by molar-refractivity contribution is -0.142. The summed E-state index contributed by atoms with van der Waals surface area (Å²) < 4.78 is 12.7. The number of carbonyl (C=O) groups excluding carboxylic acids is 1. The molecule has 8 heteroatoms. The first-order chi connectivity index (χ1) is 11.7. The number of nitrogens with zero attached hydrogens (tertiary/aromatic N) is 5. The average molecular weight is 327 g/mol. The van der Waals surface area contributed by atoms with E-state index in [-0.39, 0.29) is 18.5 Å². The van der Waals surface area contributed by atoms with Gasteiger partial charge in [0.25, 0.3) is 0 Å². The lowest BCUT2D eigenvalue weighted by Gasteiger charge is -2.33. The Balaban J connectivity index is 1.57. The molecule has 0 aliphatic carbocycles. The molecule has 2 aromatic heterocycles. The molecule has 1 saturated heterocycles. The Morgan fingerprint density at radius 1 is 1.33 bits per heavy atom. The molecule has 1 aromatic carbocycles. The highest BCUT2D eigenvalue weighted by molar-refractivity contribution is 5.82.